The molecule has 1 aliphatic rings. The smallest absolute Gasteiger partial charge is 0.227 e. The quantitative estimate of drug-likeness (QED) is 0.828. The van der Waals surface area contributed by atoms with Gasteiger partial charge in [-0.2, -0.15) is 0 Å². The fourth-order valence-electron chi connectivity index (χ4n) is 3.41. The highest BCUT2D eigenvalue weighted by Crippen LogP contribution is 2.25. The van der Waals surface area contributed by atoms with Gasteiger partial charge in [-0.05, 0) is 55.0 Å². The third kappa shape index (κ3) is 4.41. The van der Waals surface area contributed by atoms with E-state index in [0.29, 0.717) is 5.92 Å². The number of benzene rings is 2. The minimum absolute atomic E-state index is 0.106. The number of hydrogen-bond donors (Lipinski definition) is 1. The summed E-state index contributed by atoms with van der Waals surface area (Å²) in [4.78, 5) is 14.9. The average molecular weight is 336 g/mol. The molecule has 1 aliphatic heterocycles. The molecule has 1 amide bonds. The van der Waals surface area contributed by atoms with Crippen molar-refractivity contribution in [3.05, 3.63) is 60.2 Å². The number of nitrogens with zero attached hydrogens (tertiary/aromatic N) is 1. The molecule has 2 aromatic carbocycles. The van der Waals surface area contributed by atoms with Crippen LogP contribution in [0.15, 0.2) is 54.6 Å². The molecule has 25 heavy (non-hydrogen) atoms. The molecule has 1 heterocycles. The highest BCUT2D eigenvalue weighted by atomic mass is 16.1. The number of carbonyl (C=O) groups is 1. The largest absolute Gasteiger partial charge is 0.371 e. The maximum Gasteiger partial charge on any atom is 0.227 e. The average Bonchev–Trinajstić information content (AvgIpc) is 2.68. The zero-order valence-electron chi connectivity index (χ0n) is 15.2. The summed E-state index contributed by atoms with van der Waals surface area (Å²) < 4.78 is 0. The van der Waals surface area contributed by atoms with Crippen LogP contribution in [0, 0.1) is 5.92 Å². The lowest BCUT2D eigenvalue weighted by atomic mass is 9.95. The first-order chi connectivity index (χ1) is 12.2. The first-order valence-corrected chi connectivity index (χ1v) is 9.38. The molecule has 1 fully saturated rings. The summed E-state index contributed by atoms with van der Waals surface area (Å²) in [7, 11) is 0. The molecule has 0 radical (unpaired) electrons. The van der Waals surface area contributed by atoms with E-state index in [0.717, 1.165) is 38.0 Å². The van der Waals surface area contributed by atoms with Crippen LogP contribution in [0.1, 0.15) is 44.6 Å². The molecule has 3 rings (SSSR count). The molecular formula is C22H28N2O. The lowest BCUT2D eigenvalue weighted by molar-refractivity contribution is -0.120. The second kappa shape index (κ2) is 8.19. The number of rotatable bonds is 5. The summed E-state index contributed by atoms with van der Waals surface area (Å²) in [6.45, 7) is 6.31. The molecule has 0 saturated carbocycles. The van der Waals surface area contributed by atoms with Crippen LogP contribution in [0.4, 0.5) is 11.4 Å². The van der Waals surface area contributed by atoms with E-state index < -0.39 is 0 Å². The second-order valence-electron chi connectivity index (χ2n) is 7.02. The fourth-order valence-corrected chi connectivity index (χ4v) is 3.41. The van der Waals surface area contributed by atoms with Crippen LogP contribution < -0.4 is 10.2 Å². The minimum atomic E-state index is 0.106. The van der Waals surface area contributed by atoms with Crippen molar-refractivity contribution in [1.82, 2.24) is 0 Å². The Morgan fingerprint density at radius 2 is 1.72 bits per heavy atom. The molecule has 3 heteroatoms. The zero-order chi connectivity index (χ0) is 17.6. The highest BCUT2D eigenvalue weighted by Gasteiger charge is 2.25. The van der Waals surface area contributed by atoms with Crippen molar-refractivity contribution in [2.75, 3.05) is 23.3 Å². The van der Waals surface area contributed by atoms with E-state index in [1.807, 2.05) is 18.2 Å². The first-order valence-electron chi connectivity index (χ1n) is 9.38. The molecule has 3 nitrogen and oxygen atoms in total. The van der Waals surface area contributed by atoms with E-state index in [1.165, 1.54) is 11.3 Å². The molecule has 1 saturated heterocycles. The molecule has 132 valence electrons. The summed E-state index contributed by atoms with van der Waals surface area (Å²) in [6.07, 6.45) is 2.95. The molecule has 0 aliphatic carbocycles. The minimum Gasteiger partial charge on any atom is -0.371 e. The van der Waals surface area contributed by atoms with Gasteiger partial charge in [-0.1, -0.05) is 44.2 Å². The molecule has 1 unspecified atom stereocenters. The van der Waals surface area contributed by atoms with Gasteiger partial charge in [0.2, 0.25) is 5.91 Å². The number of carbonyl (C=O) groups excluding carboxylic acids is 1. The van der Waals surface area contributed by atoms with E-state index in [1.54, 1.807) is 0 Å². The van der Waals surface area contributed by atoms with Gasteiger partial charge in [0.05, 0.1) is 0 Å². The zero-order valence-corrected chi connectivity index (χ0v) is 15.2. The maximum atomic E-state index is 12.6. The summed E-state index contributed by atoms with van der Waals surface area (Å²) >= 11 is 0. The van der Waals surface area contributed by atoms with E-state index in [9.17, 15) is 4.79 Å². The molecule has 0 bridgehead atoms. The molecule has 0 aromatic heterocycles. The van der Waals surface area contributed by atoms with Crippen molar-refractivity contribution < 1.29 is 4.79 Å². The third-order valence-corrected chi connectivity index (χ3v) is 5.35. The number of nitrogens with one attached hydrogen (secondary N) is 1. The summed E-state index contributed by atoms with van der Waals surface area (Å²) in [5.74, 6) is 0.824. The fraction of sp³-hybridized carbons (Fsp3) is 0.409. The molecule has 1 N–H and O–H groups in total. The van der Waals surface area contributed by atoms with Crippen LogP contribution in [0.25, 0.3) is 0 Å². The number of hydrogen-bond acceptors (Lipinski definition) is 2. The van der Waals surface area contributed by atoms with Gasteiger partial charge >= 0.3 is 0 Å². The first kappa shape index (κ1) is 17.5. The lowest BCUT2D eigenvalue weighted by Crippen LogP contribution is -2.38. The number of piperidine rings is 1. The van der Waals surface area contributed by atoms with Gasteiger partial charge in [0.1, 0.15) is 0 Å². The topological polar surface area (TPSA) is 32.3 Å². The SMILES string of the molecule is CCC(C)c1ccc(NC(=O)C2CCN(c3ccccc3)CC2)cc1. The van der Waals surface area contributed by atoms with Crippen LogP contribution in [-0.4, -0.2) is 19.0 Å². The molecular weight excluding hydrogens is 308 g/mol. The Labute approximate surface area is 151 Å². The van der Waals surface area contributed by atoms with Crippen molar-refractivity contribution in [3.8, 4) is 0 Å². The van der Waals surface area contributed by atoms with Gasteiger partial charge in [-0.15, -0.1) is 0 Å². The molecule has 1 atom stereocenters. The van der Waals surface area contributed by atoms with Crippen LogP contribution in [0.3, 0.4) is 0 Å². The van der Waals surface area contributed by atoms with Gasteiger partial charge in [-0.3, -0.25) is 4.79 Å². The van der Waals surface area contributed by atoms with E-state index in [2.05, 4.69) is 60.5 Å². The van der Waals surface area contributed by atoms with Crippen molar-refractivity contribution >= 4 is 17.3 Å². The standard InChI is InChI=1S/C22H28N2O/c1-3-17(2)18-9-11-20(12-10-18)23-22(25)19-13-15-24(16-14-19)21-7-5-4-6-8-21/h4-12,17,19H,3,13-16H2,1-2H3,(H,23,25). The van der Waals surface area contributed by atoms with Crippen molar-refractivity contribution in [3.63, 3.8) is 0 Å². The molecule has 0 spiro atoms. The summed E-state index contributed by atoms with van der Waals surface area (Å²) in [5, 5.41) is 3.09. The van der Waals surface area contributed by atoms with Crippen LogP contribution >= 0.6 is 0 Å². The Balaban J connectivity index is 1.53. The number of para-hydroxylation sites is 1. The Morgan fingerprint density at radius 3 is 2.32 bits per heavy atom. The second-order valence-corrected chi connectivity index (χ2v) is 7.02. The number of anilines is 2. The monoisotopic (exact) mass is 336 g/mol. The van der Waals surface area contributed by atoms with Gasteiger partial charge in [-0.25, -0.2) is 0 Å². The van der Waals surface area contributed by atoms with Gasteiger partial charge in [0.25, 0.3) is 0 Å². The van der Waals surface area contributed by atoms with Gasteiger partial charge in [0.15, 0.2) is 0 Å². The summed E-state index contributed by atoms with van der Waals surface area (Å²) in [5.41, 5.74) is 3.49. The van der Waals surface area contributed by atoms with Crippen molar-refractivity contribution in [1.29, 1.82) is 0 Å². The van der Waals surface area contributed by atoms with Gasteiger partial charge in [0, 0.05) is 30.4 Å². The van der Waals surface area contributed by atoms with Crippen LogP contribution in [-0.2, 0) is 4.79 Å². The van der Waals surface area contributed by atoms with Crippen LogP contribution in [0.5, 0.6) is 0 Å². The Hall–Kier alpha value is -2.29. The lowest BCUT2D eigenvalue weighted by Gasteiger charge is -2.33. The van der Waals surface area contributed by atoms with E-state index >= 15 is 0 Å². The normalized spacial score (nSPS) is 16.5. The Kier molecular flexibility index (Phi) is 5.75. The Bertz CT molecular complexity index is 673. The van der Waals surface area contributed by atoms with Crippen molar-refractivity contribution in [2.24, 2.45) is 5.92 Å². The molecule has 2 aromatic rings. The van der Waals surface area contributed by atoms with Gasteiger partial charge < -0.3 is 10.2 Å². The highest BCUT2D eigenvalue weighted by molar-refractivity contribution is 5.92. The van der Waals surface area contributed by atoms with E-state index in [-0.39, 0.29) is 11.8 Å². The Morgan fingerprint density at radius 1 is 1.08 bits per heavy atom. The van der Waals surface area contributed by atoms with E-state index in [4.69, 9.17) is 0 Å². The van der Waals surface area contributed by atoms with Crippen molar-refractivity contribution in [2.45, 2.75) is 39.0 Å². The predicted molar refractivity (Wildman–Crippen MR) is 105 cm³/mol. The van der Waals surface area contributed by atoms with Crippen LogP contribution in [0.2, 0.25) is 0 Å². The summed E-state index contributed by atoms with van der Waals surface area (Å²) in [6, 6.07) is 18.8. The third-order valence-electron chi connectivity index (χ3n) is 5.35. The number of amides is 1. The maximum absolute atomic E-state index is 12.6. The predicted octanol–water partition coefficient (Wildman–Crippen LogP) is 5.06.